The summed E-state index contributed by atoms with van der Waals surface area (Å²) in [5, 5.41) is 8.25. The van der Waals surface area contributed by atoms with E-state index in [1.165, 1.54) is 0 Å². The van der Waals surface area contributed by atoms with E-state index < -0.39 is 0 Å². The first kappa shape index (κ1) is 22.7. The van der Waals surface area contributed by atoms with Crippen LogP contribution in [-0.4, -0.2) is 45.1 Å². The van der Waals surface area contributed by atoms with Gasteiger partial charge in [-0.15, -0.1) is 0 Å². The standard InChI is InChI=1S/C23H25Cl2N5O2/c1-14(18-7-6-17(24)13-19(18)25)27-22(31)15(2)30-11-8-16(9-12-30)23-28-21(29-32-23)20-5-3-4-10-26-20/h3-7,10,13-16H,8-9,11-12H2,1-2H3,(H,27,31). The molecule has 3 heterocycles. The Labute approximate surface area is 197 Å². The number of carbonyl (C=O) groups is 1. The Morgan fingerprint density at radius 3 is 2.66 bits per heavy atom. The number of aromatic nitrogens is 3. The zero-order valence-corrected chi connectivity index (χ0v) is 19.5. The molecule has 7 nitrogen and oxygen atoms in total. The lowest BCUT2D eigenvalue weighted by Gasteiger charge is -2.34. The first-order valence-electron chi connectivity index (χ1n) is 10.7. The molecule has 0 bridgehead atoms. The van der Waals surface area contributed by atoms with Gasteiger partial charge in [0.2, 0.25) is 17.6 Å². The molecule has 1 amide bonds. The Balaban J connectivity index is 1.32. The minimum atomic E-state index is -0.253. The number of rotatable bonds is 6. The van der Waals surface area contributed by atoms with E-state index in [4.69, 9.17) is 27.7 Å². The normalized spacial score (nSPS) is 17.1. The first-order valence-corrected chi connectivity index (χ1v) is 11.4. The molecule has 0 aliphatic carbocycles. The lowest BCUT2D eigenvalue weighted by atomic mass is 9.95. The number of hydrogen-bond donors (Lipinski definition) is 1. The van der Waals surface area contributed by atoms with E-state index in [1.807, 2.05) is 38.1 Å². The summed E-state index contributed by atoms with van der Waals surface area (Å²) in [4.78, 5) is 23.8. The molecular weight excluding hydrogens is 449 g/mol. The molecule has 32 heavy (non-hydrogen) atoms. The minimum Gasteiger partial charge on any atom is -0.348 e. The molecule has 1 fully saturated rings. The molecule has 1 aliphatic heterocycles. The number of nitrogens with one attached hydrogen (secondary N) is 1. The van der Waals surface area contributed by atoms with Crippen molar-refractivity contribution in [3.63, 3.8) is 0 Å². The third kappa shape index (κ3) is 5.11. The number of hydrogen-bond acceptors (Lipinski definition) is 6. The van der Waals surface area contributed by atoms with E-state index in [9.17, 15) is 4.79 Å². The van der Waals surface area contributed by atoms with Crippen LogP contribution in [0.5, 0.6) is 0 Å². The zero-order chi connectivity index (χ0) is 22.7. The van der Waals surface area contributed by atoms with Crippen molar-refractivity contribution in [1.29, 1.82) is 0 Å². The van der Waals surface area contributed by atoms with E-state index in [0.29, 0.717) is 27.5 Å². The van der Waals surface area contributed by atoms with Crippen LogP contribution in [0.3, 0.4) is 0 Å². The van der Waals surface area contributed by atoms with Crippen LogP contribution in [0.4, 0.5) is 0 Å². The van der Waals surface area contributed by atoms with Gasteiger partial charge >= 0.3 is 0 Å². The topological polar surface area (TPSA) is 84.2 Å². The van der Waals surface area contributed by atoms with Gasteiger partial charge in [0.15, 0.2) is 0 Å². The van der Waals surface area contributed by atoms with Gasteiger partial charge in [-0.1, -0.05) is 40.5 Å². The molecule has 168 valence electrons. The first-order chi connectivity index (χ1) is 15.4. The van der Waals surface area contributed by atoms with E-state index in [-0.39, 0.29) is 23.9 Å². The number of pyridine rings is 1. The average Bonchev–Trinajstić information content (AvgIpc) is 3.29. The van der Waals surface area contributed by atoms with Crippen molar-refractivity contribution in [2.45, 2.75) is 44.7 Å². The molecule has 0 saturated carbocycles. The van der Waals surface area contributed by atoms with Crippen LogP contribution in [0.15, 0.2) is 47.1 Å². The smallest absolute Gasteiger partial charge is 0.237 e. The summed E-state index contributed by atoms with van der Waals surface area (Å²) in [5.41, 5.74) is 1.54. The Hall–Kier alpha value is -2.48. The molecule has 2 atom stereocenters. The summed E-state index contributed by atoms with van der Waals surface area (Å²) in [5.74, 6) is 1.29. The maximum absolute atomic E-state index is 12.8. The summed E-state index contributed by atoms with van der Waals surface area (Å²) in [6, 6.07) is 10.4. The number of nitrogens with zero attached hydrogens (tertiary/aromatic N) is 4. The van der Waals surface area contributed by atoms with Crippen LogP contribution >= 0.6 is 23.2 Å². The van der Waals surface area contributed by atoms with Gasteiger partial charge in [0.05, 0.1) is 12.1 Å². The molecule has 3 aromatic rings. The molecule has 0 radical (unpaired) electrons. The molecule has 4 rings (SSSR count). The molecule has 1 aliphatic rings. The second-order valence-electron chi connectivity index (χ2n) is 8.05. The van der Waals surface area contributed by atoms with Gasteiger partial charge in [-0.3, -0.25) is 14.7 Å². The molecule has 1 saturated heterocycles. The second kappa shape index (κ2) is 9.98. The van der Waals surface area contributed by atoms with E-state index in [0.717, 1.165) is 31.5 Å². The number of amides is 1. The third-order valence-corrected chi connectivity index (χ3v) is 6.49. The monoisotopic (exact) mass is 473 g/mol. The molecule has 2 aromatic heterocycles. The molecule has 2 unspecified atom stereocenters. The lowest BCUT2D eigenvalue weighted by molar-refractivity contribution is -0.127. The Morgan fingerprint density at radius 2 is 1.97 bits per heavy atom. The number of benzene rings is 1. The van der Waals surface area contributed by atoms with Crippen LogP contribution in [0.1, 0.15) is 50.1 Å². The Bertz CT molecular complexity index is 1070. The van der Waals surface area contributed by atoms with Crippen molar-refractivity contribution in [2.75, 3.05) is 13.1 Å². The largest absolute Gasteiger partial charge is 0.348 e. The van der Waals surface area contributed by atoms with Gasteiger partial charge in [-0.2, -0.15) is 4.98 Å². The summed E-state index contributed by atoms with van der Waals surface area (Å²) >= 11 is 12.3. The quantitative estimate of drug-likeness (QED) is 0.548. The summed E-state index contributed by atoms with van der Waals surface area (Å²) in [6.07, 6.45) is 3.40. The van der Waals surface area contributed by atoms with Gasteiger partial charge in [0.1, 0.15) is 5.69 Å². The second-order valence-corrected chi connectivity index (χ2v) is 8.90. The average molecular weight is 474 g/mol. The number of piperidine rings is 1. The fourth-order valence-electron chi connectivity index (χ4n) is 3.96. The van der Waals surface area contributed by atoms with Crippen LogP contribution in [0.25, 0.3) is 11.5 Å². The van der Waals surface area contributed by atoms with E-state index >= 15 is 0 Å². The predicted molar refractivity (Wildman–Crippen MR) is 124 cm³/mol. The number of halogens is 2. The highest BCUT2D eigenvalue weighted by Gasteiger charge is 2.30. The third-order valence-electron chi connectivity index (χ3n) is 5.93. The fraction of sp³-hybridized carbons (Fsp3) is 0.391. The van der Waals surface area contributed by atoms with Crippen molar-refractivity contribution in [1.82, 2.24) is 25.3 Å². The SMILES string of the molecule is CC(NC(=O)C(C)N1CCC(c2nc(-c3ccccn3)no2)CC1)c1ccc(Cl)cc1Cl. The zero-order valence-electron chi connectivity index (χ0n) is 18.0. The van der Waals surface area contributed by atoms with Gasteiger partial charge in [-0.05, 0) is 69.6 Å². The summed E-state index contributed by atoms with van der Waals surface area (Å²) in [6.45, 7) is 5.39. The van der Waals surface area contributed by atoms with Gasteiger partial charge in [0.25, 0.3) is 0 Å². The summed E-state index contributed by atoms with van der Waals surface area (Å²) < 4.78 is 5.50. The van der Waals surface area contributed by atoms with Crippen LogP contribution in [0, 0.1) is 0 Å². The van der Waals surface area contributed by atoms with Crippen molar-refractivity contribution in [2.24, 2.45) is 0 Å². The number of carbonyl (C=O) groups excluding carboxylic acids is 1. The van der Waals surface area contributed by atoms with Crippen molar-refractivity contribution >= 4 is 29.1 Å². The van der Waals surface area contributed by atoms with Gasteiger partial charge in [0, 0.05) is 22.2 Å². The highest BCUT2D eigenvalue weighted by atomic mass is 35.5. The lowest BCUT2D eigenvalue weighted by Crippen LogP contribution is -2.48. The Morgan fingerprint density at radius 1 is 1.19 bits per heavy atom. The van der Waals surface area contributed by atoms with Crippen LogP contribution in [-0.2, 0) is 4.79 Å². The minimum absolute atomic E-state index is 0.0304. The maximum Gasteiger partial charge on any atom is 0.237 e. The molecule has 1 aromatic carbocycles. The highest BCUT2D eigenvalue weighted by molar-refractivity contribution is 6.35. The van der Waals surface area contributed by atoms with Gasteiger partial charge in [-0.25, -0.2) is 0 Å². The molecule has 0 spiro atoms. The van der Waals surface area contributed by atoms with Crippen molar-refractivity contribution < 1.29 is 9.32 Å². The fourth-order valence-corrected chi connectivity index (χ4v) is 4.54. The number of likely N-dealkylation sites (tertiary alicyclic amines) is 1. The Kier molecular flexibility index (Phi) is 7.08. The molecule has 1 N–H and O–H groups in total. The van der Waals surface area contributed by atoms with Crippen LogP contribution in [0.2, 0.25) is 10.0 Å². The predicted octanol–water partition coefficient (Wildman–Crippen LogP) is 4.88. The van der Waals surface area contributed by atoms with Gasteiger partial charge < -0.3 is 9.84 Å². The van der Waals surface area contributed by atoms with Crippen molar-refractivity contribution in [3.05, 3.63) is 64.1 Å². The van der Waals surface area contributed by atoms with Crippen LogP contribution < -0.4 is 5.32 Å². The maximum atomic E-state index is 12.8. The molecule has 9 heteroatoms. The molecular formula is C23H25Cl2N5O2. The van der Waals surface area contributed by atoms with E-state index in [1.54, 1.807) is 18.3 Å². The van der Waals surface area contributed by atoms with Crippen molar-refractivity contribution in [3.8, 4) is 11.5 Å². The summed E-state index contributed by atoms with van der Waals surface area (Å²) in [7, 11) is 0. The van der Waals surface area contributed by atoms with E-state index in [2.05, 4.69) is 25.3 Å². The highest BCUT2D eigenvalue weighted by Crippen LogP contribution is 2.30.